The van der Waals surface area contributed by atoms with Crippen LogP contribution in [0.5, 0.6) is 0 Å². The third-order valence-electron chi connectivity index (χ3n) is 9.62. The molecule has 274 valence electrons. The van der Waals surface area contributed by atoms with E-state index in [4.69, 9.17) is 0 Å². The van der Waals surface area contributed by atoms with Gasteiger partial charge in [0.1, 0.15) is 6.10 Å². The number of aliphatic hydroxyl groups is 3. The molecule has 4 N–H and O–H groups in total. The van der Waals surface area contributed by atoms with Crippen LogP contribution in [-0.4, -0.2) is 46.1 Å². The molecule has 1 amide bonds. The standard InChI is InChI=1S/C41H81NO4/c1-3-5-7-9-11-13-15-17-18-19-20-21-22-24-25-27-29-31-33-35-39(44)41(46)38(37-43)42-40(45)36-34-32-30-28-26-23-16-14-12-10-8-6-4-2/h23,26,38-39,41,43-44,46H,3-22,24-25,27-37H2,1-2H3,(H,42,45)/b26-23-. The van der Waals surface area contributed by atoms with E-state index in [2.05, 4.69) is 31.3 Å². The lowest BCUT2D eigenvalue weighted by molar-refractivity contribution is -0.124. The van der Waals surface area contributed by atoms with E-state index in [1.54, 1.807) is 0 Å². The highest BCUT2D eigenvalue weighted by molar-refractivity contribution is 5.76. The maximum Gasteiger partial charge on any atom is 0.220 e. The van der Waals surface area contributed by atoms with Crippen LogP contribution in [0.2, 0.25) is 0 Å². The van der Waals surface area contributed by atoms with Crippen molar-refractivity contribution in [2.75, 3.05) is 6.61 Å². The molecule has 0 spiro atoms. The first-order valence-electron chi connectivity index (χ1n) is 20.5. The second-order valence-electron chi connectivity index (χ2n) is 14.2. The average molecular weight is 652 g/mol. The number of hydrogen-bond acceptors (Lipinski definition) is 4. The van der Waals surface area contributed by atoms with E-state index in [1.165, 1.54) is 148 Å². The van der Waals surface area contributed by atoms with Crippen molar-refractivity contribution >= 4 is 5.91 Å². The molecule has 0 aliphatic carbocycles. The first-order valence-corrected chi connectivity index (χ1v) is 20.5. The molecule has 0 aromatic rings. The predicted octanol–water partition coefficient (Wildman–Crippen LogP) is 11.3. The molecule has 0 bridgehead atoms. The van der Waals surface area contributed by atoms with Gasteiger partial charge in [-0.15, -0.1) is 0 Å². The quantitative estimate of drug-likeness (QED) is 0.0397. The summed E-state index contributed by atoms with van der Waals surface area (Å²) < 4.78 is 0. The van der Waals surface area contributed by atoms with E-state index in [0.717, 1.165) is 44.9 Å². The highest BCUT2D eigenvalue weighted by atomic mass is 16.3. The Hall–Kier alpha value is -0.910. The normalized spacial score (nSPS) is 13.8. The van der Waals surface area contributed by atoms with Gasteiger partial charge in [-0.3, -0.25) is 4.79 Å². The van der Waals surface area contributed by atoms with Crippen LogP contribution >= 0.6 is 0 Å². The van der Waals surface area contributed by atoms with Gasteiger partial charge in [-0.05, 0) is 38.5 Å². The van der Waals surface area contributed by atoms with E-state index in [1.807, 2.05) is 0 Å². The Morgan fingerprint density at radius 2 is 0.870 bits per heavy atom. The molecule has 3 atom stereocenters. The van der Waals surface area contributed by atoms with Crippen molar-refractivity contribution < 1.29 is 20.1 Å². The summed E-state index contributed by atoms with van der Waals surface area (Å²) in [4.78, 5) is 12.4. The highest BCUT2D eigenvalue weighted by Gasteiger charge is 2.26. The smallest absolute Gasteiger partial charge is 0.220 e. The second kappa shape index (κ2) is 36.9. The molecule has 0 aliphatic rings. The summed E-state index contributed by atoms with van der Waals surface area (Å²) in [6, 6.07) is -0.812. The molecule has 0 saturated heterocycles. The molecular weight excluding hydrogens is 570 g/mol. The molecule has 0 rings (SSSR count). The number of allylic oxidation sites excluding steroid dienone is 2. The van der Waals surface area contributed by atoms with Crippen molar-refractivity contribution in [1.29, 1.82) is 0 Å². The fraction of sp³-hybridized carbons (Fsp3) is 0.927. The molecule has 0 fully saturated rings. The first kappa shape index (κ1) is 45.1. The lowest BCUT2D eigenvalue weighted by Gasteiger charge is -2.26. The lowest BCUT2D eigenvalue weighted by Crippen LogP contribution is -2.50. The molecule has 0 heterocycles. The largest absolute Gasteiger partial charge is 0.394 e. The summed E-state index contributed by atoms with van der Waals surface area (Å²) in [7, 11) is 0. The molecule has 5 nitrogen and oxygen atoms in total. The molecule has 0 aliphatic heterocycles. The van der Waals surface area contributed by atoms with Crippen LogP contribution in [0.1, 0.15) is 219 Å². The van der Waals surface area contributed by atoms with E-state index >= 15 is 0 Å². The second-order valence-corrected chi connectivity index (χ2v) is 14.2. The van der Waals surface area contributed by atoms with Gasteiger partial charge in [-0.25, -0.2) is 0 Å². The third-order valence-corrected chi connectivity index (χ3v) is 9.62. The van der Waals surface area contributed by atoms with E-state index in [0.29, 0.717) is 12.8 Å². The Balaban J connectivity index is 3.63. The third kappa shape index (κ3) is 31.7. The van der Waals surface area contributed by atoms with Gasteiger partial charge in [0, 0.05) is 6.42 Å². The van der Waals surface area contributed by atoms with Crippen LogP contribution in [0.15, 0.2) is 12.2 Å². The van der Waals surface area contributed by atoms with Crippen LogP contribution in [-0.2, 0) is 4.79 Å². The monoisotopic (exact) mass is 652 g/mol. The van der Waals surface area contributed by atoms with Gasteiger partial charge in [0.15, 0.2) is 0 Å². The Labute approximate surface area is 287 Å². The Kier molecular flexibility index (Phi) is 36.2. The minimum atomic E-state index is -1.14. The van der Waals surface area contributed by atoms with Gasteiger partial charge in [-0.1, -0.05) is 187 Å². The summed E-state index contributed by atoms with van der Waals surface area (Å²) in [6.45, 7) is 4.16. The molecule has 0 aromatic carbocycles. The van der Waals surface area contributed by atoms with Gasteiger partial charge < -0.3 is 20.6 Å². The number of nitrogens with one attached hydrogen (secondary N) is 1. The molecule has 0 aromatic heterocycles. The minimum Gasteiger partial charge on any atom is -0.394 e. The van der Waals surface area contributed by atoms with Crippen LogP contribution in [0.4, 0.5) is 0 Å². The van der Waals surface area contributed by atoms with Crippen molar-refractivity contribution in [3.63, 3.8) is 0 Å². The number of unbranched alkanes of at least 4 members (excludes halogenated alkanes) is 27. The number of carbonyl (C=O) groups is 1. The Bertz CT molecular complexity index is 640. The number of hydrogen-bond donors (Lipinski definition) is 4. The molecule has 46 heavy (non-hydrogen) atoms. The summed E-state index contributed by atoms with van der Waals surface area (Å²) in [6.07, 6.45) is 41.7. The fourth-order valence-electron chi connectivity index (χ4n) is 6.39. The molecule has 5 heteroatoms. The van der Waals surface area contributed by atoms with Crippen LogP contribution < -0.4 is 5.32 Å². The van der Waals surface area contributed by atoms with Gasteiger partial charge >= 0.3 is 0 Å². The molecular formula is C41H81NO4. The van der Waals surface area contributed by atoms with Crippen molar-refractivity contribution in [2.45, 2.75) is 238 Å². The summed E-state index contributed by atoms with van der Waals surface area (Å²) >= 11 is 0. The SMILES string of the molecule is CCCCCCCC/C=C\CCCCCC(=O)NC(CO)C(O)C(O)CCCCCCCCCCCCCCCCCCCCC. The first-order chi connectivity index (χ1) is 22.6. The highest BCUT2D eigenvalue weighted by Crippen LogP contribution is 2.16. The van der Waals surface area contributed by atoms with Gasteiger partial charge in [0.2, 0.25) is 5.91 Å². The lowest BCUT2D eigenvalue weighted by atomic mass is 9.99. The molecule has 3 unspecified atom stereocenters. The Morgan fingerprint density at radius 1 is 0.522 bits per heavy atom. The van der Waals surface area contributed by atoms with E-state index in [9.17, 15) is 20.1 Å². The molecule has 0 radical (unpaired) electrons. The van der Waals surface area contributed by atoms with Gasteiger partial charge in [-0.2, -0.15) is 0 Å². The number of amides is 1. The maximum absolute atomic E-state index is 12.4. The zero-order chi connectivity index (χ0) is 33.8. The Morgan fingerprint density at radius 3 is 1.26 bits per heavy atom. The average Bonchev–Trinajstić information content (AvgIpc) is 3.06. The maximum atomic E-state index is 12.4. The zero-order valence-corrected chi connectivity index (χ0v) is 31.0. The van der Waals surface area contributed by atoms with Crippen LogP contribution in [0, 0.1) is 0 Å². The number of carbonyl (C=O) groups excluding carboxylic acids is 1. The zero-order valence-electron chi connectivity index (χ0n) is 31.0. The van der Waals surface area contributed by atoms with Crippen LogP contribution in [0.25, 0.3) is 0 Å². The predicted molar refractivity (Wildman–Crippen MR) is 199 cm³/mol. The summed E-state index contributed by atoms with van der Waals surface area (Å²) in [5.41, 5.74) is 0. The van der Waals surface area contributed by atoms with Crippen LogP contribution in [0.3, 0.4) is 0 Å². The van der Waals surface area contributed by atoms with Gasteiger partial charge in [0.25, 0.3) is 0 Å². The molecule has 0 saturated carbocycles. The minimum absolute atomic E-state index is 0.160. The number of aliphatic hydroxyl groups excluding tert-OH is 3. The number of rotatable bonds is 37. The van der Waals surface area contributed by atoms with E-state index < -0.39 is 18.2 Å². The van der Waals surface area contributed by atoms with Crippen molar-refractivity contribution in [2.24, 2.45) is 0 Å². The fourth-order valence-corrected chi connectivity index (χ4v) is 6.39. The summed E-state index contributed by atoms with van der Waals surface area (Å²) in [5, 5.41) is 33.4. The van der Waals surface area contributed by atoms with Crippen molar-refractivity contribution in [3.05, 3.63) is 12.2 Å². The topological polar surface area (TPSA) is 89.8 Å². The summed E-state index contributed by atoms with van der Waals surface area (Å²) in [5.74, 6) is -0.160. The van der Waals surface area contributed by atoms with Crippen molar-refractivity contribution in [3.8, 4) is 0 Å². The van der Waals surface area contributed by atoms with E-state index in [-0.39, 0.29) is 12.5 Å². The van der Waals surface area contributed by atoms with Crippen molar-refractivity contribution in [1.82, 2.24) is 5.32 Å². The van der Waals surface area contributed by atoms with Gasteiger partial charge in [0.05, 0.1) is 18.8 Å².